The first kappa shape index (κ1) is 16.0. The summed E-state index contributed by atoms with van der Waals surface area (Å²) < 4.78 is 12.5. The fraction of sp³-hybridized carbons (Fsp3) is 0.111. The lowest BCUT2D eigenvalue weighted by atomic mass is 10.1. The topological polar surface area (TPSA) is 95.1 Å². The highest BCUT2D eigenvalue weighted by Gasteiger charge is 2.20. The van der Waals surface area contributed by atoms with E-state index < -0.39 is 0 Å². The smallest absolute Gasteiger partial charge is 0.291 e. The summed E-state index contributed by atoms with van der Waals surface area (Å²) in [6.07, 6.45) is 1.48. The first-order chi connectivity index (χ1) is 12.8. The van der Waals surface area contributed by atoms with Crippen molar-refractivity contribution in [3.63, 3.8) is 0 Å². The number of hydrogen-bond donors (Lipinski definition) is 1. The Balaban J connectivity index is 1.66. The summed E-state index contributed by atoms with van der Waals surface area (Å²) in [6.45, 7) is 0.282. The van der Waals surface area contributed by atoms with Crippen LogP contribution in [-0.2, 0) is 11.3 Å². The predicted octanol–water partition coefficient (Wildman–Crippen LogP) is 2.81. The maximum absolute atomic E-state index is 12.8. The number of amides is 1. The van der Waals surface area contributed by atoms with Crippen molar-refractivity contribution in [3.05, 3.63) is 66.2 Å². The highest BCUT2D eigenvalue weighted by molar-refractivity contribution is 6.06. The number of hydrogen-bond acceptors (Lipinski definition) is 6. The molecule has 0 saturated carbocycles. The number of benzene rings is 2. The van der Waals surface area contributed by atoms with Crippen molar-refractivity contribution in [3.8, 4) is 5.69 Å². The minimum atomic E-state index is -0.345. The van der Waals surface area contributed by atoms with Crippen LogP contribution in [0, 0.1) is 0 Å². The number of carbonyl (C=O) groups excluding carboxylic acids is 1. The van der Waals surface area contributed by atoms with Gasteiger partial charge in [0.2, 0.25) is 0 Å². The molecule has 26 heavy (non-hydrogen) atoms. The van der Waals surface area contributed by atoms with Gasteiger partial charge in [-0.1, -0.05) is 24.3 Å². The van der Waals surface area contributed by atoms with Gasteiger partial charge in [0.15, 0.2) is 5.76 Å². The summed E-state index contributed by atoms with van der Waals surface area (Å²) in [5.41, 5.74) is 2.70. The zero-order chi connectivity index (χ0) is 17.9. The van der Waals surface area contributed by atoms with Gasteiger partial charge >= 0.3 is 0 Å². The number of aromatic nitrogens is 4. The van der Waals surface area contributed by atoms with Crippen LogP contribution < -0.4 is 5.32 Å². The van der Waals surface area contributed by atoms with Crippen molar-refractivity contribution in [1.29, 1.82) is 0 Å². The Morgan fingerprint density at radius 1 is 1.23 bits per heavy atom. The number of carbonyl (C=O) groups is 1. The molecule has 2 heterocycles. The summed E-state index contributed by atoms with van der Waals surface area (Å²) in [5.74, 6) is -0.108. The Hall–Kier alpha value is -3.52. The maximum Gasteiger partial charge on any atom is 0.291 e. The number of methoxy groups -OCH3 is 1. The van der Waals surface area contributed by atoms with Crippen LogP contribution in [0.1, 0.15) is 16.1 Å². The predicted molar refractivity (Wildman–Crippen MR) is 94.0 cm³/mol. The van der Waals surface area contributed by atoms with E-state index in [9.17, 15) is 4.79 Å². The van der Waals surface area contributed by atoms with Gasteiger partial charge in [-0.05, 0) is 34.7 Å². The Morgan fingerprint density at radius 3 is 2.92 bits per heavy atom. The third-order valence-electron chi connectivity index (χ3n) is 3.91. The fourth-order valence-corrected chi connectivity index (χ4v) is 2.76. The molecule has 1 amide bonds. The number of fused-ring (bicyclic) bond motifs is 1. The molecule has 0 fully saturated rings. The van der Waals surface area contributed by atoms with Gasteiger partial charge in [-0.25, -0.2) is 4.68 Å². The number of ether oxygens (including phenoxy) is 1. The van der Waals surface area contributed by atoms with Gasteiger partial charge in [0.25, 0.3) is 5.91 Å². The number of anilines is 1. The number of tetrazole rings is 1. The quantitative estimate of drug-likeness (QED) is 0.595. The van der Waals surface area contributed by atoms with E-state index in [1.807, 2.05) is 30.3 Å². The normalized spacial score (nSPS) is 11.0. The van der Waals surface area contributed by atoms with Gasteiger partial charge in [0, 0.05) is 23.7 Å². The van der Waals surface area contributed by atoms with Gasteiger partial charge in [-0.2, -0.15) is 0 Å². The summed E-state index contributed by atoms with van der Waals surface area (Å²) in [7, 11) is 1.58. The molecule has 4 aromatic rings. The van der Waals surface area contributed by atoms with Gasteiger partial charge in [0.1, 0.15) is 11.9 Å². The molecule has 4 rings (SSSR count). The van der Waals surface area contributed by atoms with E-state index in [-0.39, 0.29) is 18.3 Å². The van der Waals surface area contributed by atoms with Crippen molar-refractivity contribution in [1.82, 2.24) is 20.2 Å². The van der Waals surface area contributed by atoms with Crippen molar-refractivity contribution >= 4 is 22.6 Å². The minimum Gasteiger partial charge on any atom is -0.451 e. The lowest BCUT2D eigenvalue weighted by Gasteiger charge is -2.07. The number of rotatable bonds is 5. The lowest BCUT2D eigenvalue weighted by Crippen LogP contribution is -2.13. The number of para-hydroxylation sites is 1. The van der Waals surface area contributed by atoms with Gasteiger partial charge < -0.3 is 14.5 Å². The second-order valence-corrected chi connectivity index (χ2v) is 5.60. The summed E-state index contributed by atoms with van der Waals surface area (Å²) in [5, 5.41) is 14.8. The monoisotopic (exact) mass is 349 g/mol. The van der Waals surface area contributed by atoms with Gasteiger partial charge in [-0.15, -0.1) is 5.10 Å². The highest BCUT2D eigenvalue weighted by atomic mass is 16.5. The molecule has 0 aliphatic heterocycles. The van der Waals surface area contributed by atoms with E-state index in [2.05, 4.69) is 20.8 Å². The van der Waals surface area contributed by atoms with Gasteiger partial charge in [-0.3, -0.25) is 4.79 Å². The van der Waals surface area contributed by atoms with Crippen molar-refractivity contribution in [2.75, 3.05) is 12.4 Å². The molecule has 0 aliphatic carbocycles. The molecule has 0 spiro atoms. The van der Waals surface area contributed by atoms with Crippen LogP contribution in [0.15, 0.2) is 59.3 Å². The molecular formula is C18H15N5O3. The zero-order valence-corrected chi connectivity index (χ0v) is 13.9. The molecule has 8 heteroatoms. The fourth-order valence-electron chi connectivity index (χ4n) is 2.76. The van der Waals surface area contributed by atoms with Crippen LogP contribution in [-0.4, -0.2) is 33.2 Å². The van der Waals surface area contributed by atoms with Crippen molar-refractivity contribution < 1.29 is 13.9 Å². The second kappa shape index (κ2) is 6.77. The first-order valence-electron chi connectivity index (χ1n) is 7.90. The van der Waals surface area contributed by atoms with E-state index in [1.54, 1.807) is 25.3 Å². The Labute approximate surface area is 148 Å². The minimum absolute atomic E-state index is 0.237. The Morgan fingerprint density at radius 2 is 2.12 bits per heavy atom. The highest BCUT2D eigenvalue weighted by Crippen LogP contribution is 2.27. The third kappa shape index (κ3) is 2.93. The molecule has 8 nitrogen and oxygen atoms in total. The summed E-state index contributed by atoms with van der Waals surface area (Å²) in [4.78, 5) is 12.8. The lowest BCUT2D eigenvalue weighted by molar-refractivity contribution is 0.0992. The van der Waals surface area contributed by atoms with E-state index in [0.717, 1.165) is 16.6 Å². The summed E-state index contributed by atoms with van der Waals surface area (Å²) >= 11 is 0. The third-order valence-corrected chi connectivity index (χ3v) is 3.91. The van der Waals surface area contributed by atoms with E-state index >= 15 is 0 Å². The number of furan rings is 1. The average Bonchev–Trinajstić information content (AvgIpc) is 3.31. The second-order valence-electron chi connectivity index (χ2n) is 5.60. The molecule has 2 aromatic carbocycles. The van der Waals surface area contributed by atoms with Crippen molar-refractivity contribution in [2.24, 2.45) is 0 Å². The molecule has 2 aromatic heterocycles. The van der Waals surface area contributed by atoms with E-state index in [1.165, 1.54) is 11.0 Å². The van der Waals surface area contributed by atoms with Crippen LogP contribution in [0.4, 0.5) is 5.69 Å². The number of nitrogens with one attached hydrogen (secondary N) is 1. The molecule has 0 atom stereocenters. The molecular weight excluding hydrogens is 334 g/mol. The largest absolute Gasteiger partial charge is 0.451 e. The van der Waals surface area contributed by atoms with Crippen LogP contribution >= 0.6 is 0 Å². The zero-order valence-electron chi connectivity index (χ0n) is 13.9. The SMILES string of the molecule is COCc1c(C(=O)Nc2cccc(-n3cnnn3)c2)oc2ccccc12. The van der Waals surface area contributed by atoms with Crippen LogP contribution in [0.2, 0.25) is 0 Å². The molecule has 1 N–H and O–H groups in total. The van der Waals surface area contributed by atoms with Crippen LogP contribution in [0.5, 0.6) is 0 Å². The van der Waals surface area contributed by atoms with Crippen LogP contribution in [0.25, 0.3) is 16.7 Å². The number of nitrogens with zero attached hydrogens (tertiary/aromatic N) is 4. The molecule has 0 unspecified atom stereocenters. The Kier molecular flexibility index (Phi) is 4.16. The summed E-state index contributed by atoms with van der Waals surface area (Å²) in [6, 6.07) is 14.7. The van der Waals surface area contributed by atoms with Gasteiger partial charge in [0.05, 0.1) is 12.3 Å². The van der Waals surface area contributed by atoms with E-state index in [4.69, 9.17) is 9.15 Å². The maximum atomic E-state index is 12.8. The molecule has 0 bridgehead atoms. The van der Waals surface area contributed by atoms with E-state index in [0.29, 0.717) is 11.3 Å². The molecule has 0 saturated heterocycles. The molecule has 0 aliphatic rings. The Bertz CT molecular complexity index is 1060. The molecule has 0 radical (unpaired) electrons. The standard InChI is InChI=1S/C18H15N5O3/c1-25-10-15-14-7-2-3-8-16(14)26-17(15)18(24)20-12-5-4-6-13(9-12)23-11-19-21-22-23/h2-9,11H,10H2,1H3,(H,20,24). The first-order valence-corrected chi connectivity index (χ1v) is 7.90. The van der Waals surface area contributed by atoms with Crippen molar-refractivity contribution in [2.45, 2.75) is 6.61 Å². The molecule has 130 valence electrons. The van der Waals surface area contributed by atoms with Crippen LogP contribution in [0.3, 0.4) is 0 Å². The average molecular weight is 349 g/mol.